The number of aromatic nitrogens is 3. The van der Waals surface area contributed by atoms with Gasteiger partial charge in [0.25, 0.3) is 0 Å². The van der Waals surface area contributed by atoms with E-state index in [1.807, 2.05) is 19.9 Å². The van der Waals surface area contributed by atoms with Crippen LogP contribution in [0.2, 0.25) is 5.02 Å². The number of ether oxygens (including phenoxy) is 2. The molecule has 1 aromatic heterocycles. The van der Waals surface area contributed by atoms with E-state index in [0.29, 0.717) is 29.9 Å². The zero-order valence-corrected chi connectivity index (χ0v) is 13.9. The summed E-state index contributed by atoms with van der Waals surface area (Å²) in [5.41, 5.74) is 0. The molecule has 0 unspecified atom stereocenters. The molecule has 6 nitrogen and oxygen atoms in total. The number of rotatable bonds is 6. The molecule has 8 heteroatoms. The summed E-state index contributed by atoms with van der Waals surface area (Å²) in [5.74, 6) is 0.843. The highest BCUT2D eigenvalue weighted by molar-refractivity contribution is 9.10. The fourth-order valence-electron chi connectivity index (χ4n) is 1.47. The highest BCUT2D eigenvalue weighted by Gasteiger charge is 2.11. The van der Waals surface area contributed by atoms with Crippen LogP contribution in [-0.2, 0) is 0 Å². The highest BCUT2D eigenvalue weighted by atomic mass is 79.9. The fraction of sp³-hybridized carbons (Fsp3) is 0.308. The van der Waals surface area contributed by atoms with E-state index in [4.69, 9.17) is 21.1 Å². The molecule has 0 amide bonds. The van der Waals surface area contributed by atoms with Gasteiger partial charge in [0.15, 0.2) is 0 Å². The van der Waals surface area contributed by atoms with Crippen molar-refractivity contribution in [2.45, 2.75) is 13.8 Å². The first-order valence-electron chi connectivity index (χ1n) is 6.38. The summed E-state index contributed by atoms with van der Waals surface area (Å²) in [7, 11) is 0. The van der Waals surface area contributed by atoms with Gasteiger partial charge in [-0.3, -0.25) is 0 Å². The van der Waals surface area contributed by atoms with Crippen LogP contribution in [0.1, 0.15) is 13.8 Å². The van der Waals surface area contributed by atoms with Gasteiger partial charge in [0.1, 0.15) is 5.75 Å². The third kappa shape index (κ3) is 4.44. The molecule has 0 fully saturated rings. The van der Waals surface area contributed by atoms with Crippen molar-refractivity contribution in [1.29, 1.82) is 0 Å². The molecule has 1 heterocycles. The maximum atomic E-state index is 6.11. The van der Waals surface area contributed by atoms with Crippen LogP contribution in [0.15, 0.2) is 22.7 Å². The van der Waals surface area contributed by atoms with Crippen molar-refractivity contribution in [3.05, 3.63) is 27.7 Å². The van der Waals surface area contributed by atoms with Crippen molar-refractivity contribution < 1.29 is 9.47 Å². The Morgan fingerprint density at radius 1 is 1.19 bits per heavy atom. The van der Waals surface area contributed by atoms with Crippen molar-refractivity contribution in [3.63, 3.8) is 0 Å². The van der Waals surface area contributed by atoms with E-state index in [1.54, 1.807) is 12.1 Å². The first-order chi connectivity index (χ1) is 10.1. The Balaban J connectivity index is 2.29. The molecule has 21 heavy (non-hydrogen) atoms. The van der Waals surface area contributed by atoms with Gasteiger partial charge in [0.2, 0.25) is 5.95 Å². The Morgan fingerprint density at radius 2 is 1.95 bits per heavy atom. The van der Waals surface area contributed by atoms with Gasteiger partial charge in [0, 0.05) is 11.0 Å². The van der Waals surface area contributed by atoms with E-state index in [9.17, 15) is 0 Å². The van der Waals surface area contributed by atoms with Crippen LogP contribution in [0.25, 0.3) is 0 Å². The maximum absolute atomic E-state index is 6.11. The Morgan fingerprint density at radius 3 is 2.62 bits per heavy atom. The molecule has 0 radical (unpaired) electrons. The van der Waals surface area contributed by atoms with Gasteiger partial charge >= 0.3 is 12.0 Å². The lowest BCUT2D eigenvalue weighted by Crippen LogP contribution is -2.07. The van der Waals surface area contributed by atoms with Crippen LogP contribution < -0.4 is 14.8 Å². The number of benzene rings is 1. The molecule has 1 aromatic carbocycles. The molecule has 2 aromatic rings. The molecule has 112 valence electrons. The summed E-state index contributed by atoms with van der Waals surface area (Å²) < 4.78 is 11.8. The quantitative estimate of drug-likeness (QED) is 0.828. The maximum Gasteiger partial charge on any atom is 0.330 e. The Hall–Kier alpha value is -1.60. The Bertz CT molecular complexity index is 603. The third-order valence-corrected chi connectivity index (χ3v) is 3.09. The average Bonchev–Trinajstić information content (AvgIpc) is 2.42. The van der Waals surface area contributed by atoms with Crippen LogP contribution in [0.5, 0.6) is 17.8 Å². The van der Waals surface area contributed by atoms with Crippen LogP contribution in [0.4, 0.5) is 5.95 Å². The van der Waals surface area contributed by atoms with Gasteiger partial charge < -0.3 is 14.8 Å². The van der Waals surface area contributed by atoms with Gasteiger partial charge in [0.05, 0.1) is 11.6 Å². The van der Waals surface area contributed by atoms with Crippen LogP contribution >= 0.6 is 27.5 Å². The van der Waals surface area contributed by atoms with Gasteiger partial charge in [-0.1, -0.05) is 27.5 Å². The molecule has 0 aliphatic carbocycles. The number of halogens is 2. The zero-order chi connectivity index (χ0) is 15.2. The smallest absolute Gasteiger partial charge is 0.330 e. The fourth-order valence-corrected chi connectivity index (χ4v) is 2.18. The van der Waals surface area contributed by atoms with Crippen LogP contribution in [0.3, 0.4) is 0 Å². The van der Waals surface area contributed by atoms with E-state index in [0.717, 1.165) is 4.47 Å². The van der Waals surface area contributed by atoms with Crippen molar-refractivity contribution in [2.75, 3.05) is 18.5 Å². The normalized spacial score (nSPS) is 10.3. The molecular weight excluding hydrogens is 360 g/mol. The molecule has 0 aliphatic rings. The van der Waals surface area contributed by atoms with E-state index in [-0.39, 0.29) is 12.0 Å². The van der Waals surface area contributed by atoms with E-state index < -0.39 is 0 Å². The second kappa shape index (κ2) is 7.42. The van der Waals surface area contributed by atoms with Crippen molar-refractivity contribution in [3.8, 4) is 17.8 Å². The molecule has 1 N–H and O–H groups in total. The minimum atomic E-state index is 0.119. The van der Waals surface area contributed by atoms with Gasteiger partial charge in [-0.05, 0) is 32.0 Å². The molecule has 0 bridgehead atoms. The largest absolute Gasteiger partial charge is 0.464 e. The summed E-state index contributed by atoms with van der Waals surface area (Å²) in [5, 5.41) is 3.45. The lowest BCUT2D eigenvalue weighted by Gasteiger charge is -2.09. The monoisotopic (exact) mass is 372 g/mol. The number of nitrogens with zero attached hydrogens (tertiary/aromatic N) is 3. The molecule has 2 rings (SSSR count). The third-order valence-electron chi connectivity index (χ3n) is 2.30. The SMILES string of the molecule is CCNc1nc(OCC)nc(Oc2ccc(Br)cc2Cl)n1. The summed E-state index contributed by atoms with van der Waals surface area (Å²) >= 11 is 9.44. The highest BCUT2D eigenvalue weighted by Crippen LogP contribution is 2.31. The standard InChI is InChI=1S/C13H14BrClN4O2/c1-3-16-11-17-12(20-4-2)19-13(18-11)21-10-6-5-8(14)7-9(10)15/h5-7H,3-4H2,1-2H3,(H,16,17,18,19). The van der Waals surface area contributed by atoms with Gasteiger partial charge in [-0.2, -0.15) is 9.97 Å². The topological polar surface area (TPSA) is 69.2 Å². The minimum Gasteiger partial charge on any atom is -0.464 e. The summed E-state index contributed by atoms with van der Waals surface area (Å²) in [6.45, 7) is 4.92. The van der Waals surface area contributed by atoms with Crippen LogP contribution in [-0.4, -0.2) is 28.1 Å². The molecular formula is C13H14BrClN4O2. The number of hydrogen-bond acceptors (Lipinski definition) is 6. The minimum absolute atomic E-state index is 0.119. The first kappa shape index (κ1) is 15.8. The average molecular weight is 374 g/mol. The molecule has 0 atom stereocenters. The Labute approximate surface area is 136 Å². The van der Waals surface area contributed by atoms with E-state index >= 15 is 0 Å². The predicted molar refractivity (Wildman–Crippen MR) is 84.4 cm³/mol. The van der Waals surface area contributed by atoms with E-state index in [2.05, 4.69) is 36.2 Å². The summed E-state index contributed by atoms with van der Waals surface area (Å²) in [6.07, 6.45) is 0. The number of anilines is 1. The summed E-state index contributed by atoms with van der Waals surface area (Å²) in [4.78, 5) is 12.4. The van der Waals surface area contributed by atoms with Crippen LogP contribution in [0, 0.1) is 0 Å². The number of hydrogen-bond donors (Lipinski definition) is 1. The predicted octanol–water partition coefficient (Wildman–Crippen LogP) is 3.91. The summed E-state index contributed by atoms with van der Waals surface area (Å²) in [6, 6.07) is 5.59. The van der Waals surface area contributed by atoms with Gasteiger partial charge in [-0.15, -0.1) is 4.98 Å². The second-order valence-electron chi connectivity index (χ2n) is 3.86. The van der Waals surface area contributed by atoms with Crippen molar-refractivity contribution in [1.82, 2.24) is 15.0 Å². The van der Waals surface area contributed by atoms with E-state index in [1.165, 1.54) is 0 Å². The molecule has 0 saturated carbocycles. The molecule has 0 saturated heterocycles. The second-order valence-corrected chi connectivity index (χ2v) is 5.19. The lowest BCUT2D eigenvalue weighted by molar-refractivity contribution is 0.304. The zero-order valence-electron chi connectivity index (χ0n) is 11.6. The lowest BCUT2D eigenvalue weighted by atomic mass is 10.3. The number of nitrogens with one attached hydrogen (secondary N) is 1. The molecule has 0 aliphatic heterocycles. The first-order valence-corrected chi connectivity index (χ1v) is 7.55. The van der Waals surface area contributed by atoms with Crippen molar-refractivity contribution in [2.24, 2.45) is 0 Å². The molecule has 0 spiro atoms. The van der Waals surface area contributed by atoms with Crippen molar-refractivity contribution >= 4 is 33.5 Å². The Kier molecular flexibility index (Phi) is 5.58. The van der Waals surface area contributed by atoms with Gasteiger partial charge in [-0.25, -0.2) is 0 Å².